The molecule has 0 spiro atoms. The van der Waals surface area contributed by atoms with Crippen molar-refractivity contribution >= 4 is 11.8 Å². The summed E-state index contributed by atoms with van der Waals surface area (Å²) in [6.45, 7) is 0. The third kappa shape index (κ3) is 4.21. The van der Waals surface area contributed by atoms with Gasteiger partial charge in [0.15, 0.2) is 11.9 Å². The molecule has 2 heterocycles. The standard InChI is InChI=1S/C28H24O8/c29-17-11-12-22(32)36-28(17)27(34)23(16-9-5-2-6-10-16)25-19(31)14-21-24(26(25)33)18(30)13-20(35-21)15-7-3-1-4-8-15/h1-12,14,17,20,23,27-29,31,33-34H,13H2. The van der Waals surface area contributed by atoms with Crippen molar-refractivity contribution in [3.63, 3.8) is 0 Å². The summed E-state index contributed by atoms with van der Waals surface area (Å²) >= 11 is 0. The maximum absolute atomic E-state index is 13.2. The van der Waals surface area contributed by atoms with Gasteiger partial charge in [0.25, 0.3) is 0 Å². The van der Waals surface area contributed by atoms with Crippen molar-refractivity contribution in [2.24, 2.45) is 0 Å². The second kappa shape index (κ2) is 9.49. The molecule has 0 radical (unpaired) electrons. The van der Waals surface area contributed by atoms with E-state index in [1.165, 1.54) is 12.1 Å². The molecule has 3 aromatic rings. The summed E-state index contributed by atoms with van der Waals surface area (Å²) in [6, 6.07) is 18.8. The Morgan fingerprint density at radius 3 is 2.28 bits per heavy atom. The van der Waals surface area contributed by atoms with Gasteiger partial charge in [-0.3, -0.25) is 4.79 Å². The van der Waals surface area contributed by atoms with Gasteiger partial charge in [-0.05, 0) is 17.2 Å². The highest BCUT2D eigenvalue weighted by Crippen LogP contribution is 2.49. The zero-order valence-electron chi connectivity index (χ0n) is 19.0. The largest absolute Gasteiger partial charge is 0.507 e. The Kier molecular flexibility index (Phi) is 6.22. The number of esters is 1. The molecule has 0 aliphatic carbocycles. The minimum Gasteiger partial charge on any atom is -0.507 e. The molecule has 2 aliphatic rings. The molecule has 3 aromatic carbocycles. The Balaban J connectivity index is 1.60. The highest BCUT2D eigenvalue weighted by molar-refractivity contribution is 6.03. The summed E-state index contributed by atoms with van der Waals surface area (Å²) in [5, 5.41) is 44.0. The lowest BCUT2D eigenvalue weighted by atomic mass is 9.80. The summed E-state index contributed by atoms with van der Waals surface area (Å²) in [7, 11) is 0. The van der Waals surface area contributed by atoms with Crippen molar-refractivity contribution < 1.29 is 39.5 Å². The fraction of sp³-hybridized carbons (Fsp3) is 0.214. The Morgan fingerprint density at radius 2 is 1.58 bits per heavy atom. The Morgan fingerprint density at radius 1 is 0.917 bits per heavy atom. The fourth-order valence-electron chi connectivity index (χ4n) is 4.82. The third-order valence-electron chi connectivity index (χ3n) is 6.54. The molecule has 0 aromatic heterocycles. The molecule has 8 nitrogen and oxygen atoms in total. The second-order valence-corrected chi connectivity index (χ2v) is 8.81. The van der Waals surface area contributed by atoms with Crippen LogP contribution in [0.1, 0.15) is 45.5 Å². The van der Waals surface area contributed by atoms with Gasteiger partial charge in [0.05, 0.1) is 6.42 Å². The van der Waals surface area contributed by atoms with E-state index in [2.05, 4.69) is 0 Å². The van der Waals surface area contributed by atoms with Crippen LogP contribution in [-0.4, -0.2) is 50.5 Å². The highest BCUT2D eigenvalue weighted by Gasteiger charge is 2.42. The number of benzene rings is 3. The topological polar surface area (TPSA) is 134 Å². The summed E-state index contributed by atoms with van der Waals surface area (Å²) in [6.07, 6.45) is -2.64. The first-order chi connectivity index (χ1) is 17.3. The third-order valence-corrected chi connectivity index (χ3v) is 6.54. The predicted octanol–water partition coefficient (Wildman–Crippen LogP) is 3.14. The molecule has 4 N–H and O–H groups in total. The van der Waals surface area contributed by atoms with Crippen LogP contribution >= 0.6 is 0 Å². The van der Waals surface area contributed by atoms with E-state index in [0.717, 1.165) is 11.6 Å². The molecule has 5 atom stereocenters. The number of aromatic hydroxyl groups is 2. The van der Waals surface area contributed by atoms with E-state index in [1.807, 2.05) is 30.3 Å². The van der Waals surface area contributed by atoms with Crippen LogP contribution in [0.25, 0.3) is 0 Å². The van der Waals surface area contributed by atoms with Crippen LogP contribution in [0.4, 0.5) is 0 Å². The Bertz CT molecular complexity index is 1320. The SMILES string of the molecule is O=C1C=CC(O)C(C(O)C(c2ccccc2)c2c(O)cc3c(c2O)C(=O)CC(c2ccccc2)O3)O1. The van der Waals surface area contributed by atoms with E-state index >= 15 is 0 Å². The zero-order valence-corrected chi connectivity index (χ0v) is 19.0. The Hall–Kier alpha value is -4.14. The summed E-state index contributed by atoms with van der Waals surface area (Å²) < 4.78 is 11.2. The molecule has 5 unspecified atom stereocenters. The van der Waals surface area contributed by atoms with E-state index < -0.39 is 53.6 Å². The van der Waals surface area contributed by atoms with Crippen LogP contribution in [0.2, 0.25) is 0 Å². The van der Waals surface area contributed by atoms with E-state index in [0.29, 0.717) is 5.56 Å². The van der Waals surface area contributed by atoms with Gasteiger partial charge in [0, 0.05) is 23.6 Å². The number of aliphatic hydroxyl groups excluding tert-OH is 2. The number of cyclic esters (lactones) is 1. The highest BCUT2D eigenvalue weighted by atomic mass is 16.6. The van der Waals surface area contributed by atoms with Gasteiger partial charge in [-0.1, -0.05) is 60.7 Å². The molecule has 0 saturated heterocycles. The number of carbonyl (C=O) groups excluding carboxylic acids is 2. The average Bonchev–Trinajstić information content (AvgIpc) is 2.88. The number of rotatable bonds is 5. The zero-order chi connectivity index (χ0) is 25.4. The van der Waals surface area contributed by atoms with Crippen LogP contribution < -0.4 is 4.74 Å². The van der Waals surface area contributed by atoms with Crippen LogP contribution in [0.15, 0.2) is 78.9 Å². The number of phenolic OH excluding ortho intramolecular Hbond substituents is 2. The molecule has 0 amide bonds. The van der Waals surface area contributed by atoms with Gasteiger partial charge >= 0.3 is 5.97 Å². The first kappa shape index (κ1) is 23.6. The van der Waals surface area contributed by atoms with E-state index in [-0.39, 0.29) is 23.3 Å². The molecule has 5 rings (SSSR count). The minimum absolute atomic E-state index is 0.0206. The number of Topliss-reactive ketones (excluding diaryl/α,β-unsaturated/α-hetero) is 1. The first-order valence-corrected chi connectivity index (χ1v) is 11.5. The maximum atomic E-state index is 13.2. The molecule has 0 saturated carbocycles. The minimum atomic E-state index is -1.58. The lowest BCUT2D eigenvalue weighted by Gasteiger charge is -2.34. The number of ketones is 1. The number of hydrogen-bond donors (Lipinski definition) is 4. The Labute approximate surface area is 206 Å². The van der Waals surface area contributed by atoms with Crippen molar-refractivity contribution in [1.29, 1.82) is 0 Å². The van der Waals surface area contributed by atoms with Crippen LogP contribution in [0.3, 0.4) is 0 Å². The lowest BCUT2D eigenvalue weighted by Crippen LogP contribution is -2.45. The van der Waals surface area contributed by atoms with Crippen molar-refractivity contribution in [2.75, 3.05) is 0 Å². The van der Waals surface area contributed by atoms with Gasteiger partial charge in [-0.2, -0.15) is 0 Å². The van der Waals surface area contributed by atoms with Crippen molar-refractivity contribution in [3.05, 3.63) is 101 Å². The van der Waals surface area contributed by atoms with Crippen molar-refractivity contribution in [3.8, 4) is 17.2 Å². The number of ether oxygens (including phenoxy) is 2. The smallest absolute Gasteiger partial charge is 0.330 e. The van der Waals surface area contributed by atoms with Gasteiger partial charge < -0.3 is 29.9 Å². The van der Waals surface area contributed by atoms with Crippen molar-refractivity contribution in [2.45, 2.75) is 36.8 Å². The summed E-state index contributed by atoms with van der Waals surface area (Å²) in [5.74, 6) is -3.24. The normalized spacial score (nSPS) is 22.8. The molecular weight excluding hydrogens is 464 g/mol. The monoisotopic (exact) mass is 488 g/mol. The lowest BCUT2D eigenvalue weighted by molar-refractivity contribution is -0.159. The first-order valence-electron chi connectivity index (χ1n) is 11.5. The van der Waals surface area contributed by atoms with Crippen LogP contribution in [0, 0.1) is 0 Å². The number of hydrogen-bond acceptors (Lipinski definition) is 8. The van der Waals surface area contributed by atoms with Crippen molar-refractivity contribution in [1.82, 2.24) is 0 Å². The summed E-state index contributed by atoms with van der Waals surface area (Å²) in [4.78, 5) is 25.0. The molecular formula is C28H24O8. The van der Waals surface area contributed by atoms with E-state index in [4.69, 9.17) is 9.47 Å². The second-order valence-electron chi connectivity index (χ2n) is 8.81. The van der Waals surface area contributed by atoms with Gasteiger partial charge in [0.2, 0.25) is 0 Å². The van der Waals surface area contributed by atoms with Gasteiger partial charge in [0.1, 0.15) is 41.1 Å². The number of phenols is 2. The molecule has 36 heavy (non-hydrogen) atoms. The maximum Gasteiger partial charge on any atom is 0.330 e. The summed E-state index contributed by atoms with van der Waals surface area (Å²) in [5.41, 5.74) is 0.988. The van der Waals surface area contributed by atoms with E-state index in [1.54, 1.807) is 30.3 Å². The van der Waals surface area contributed by atoms with E-state index in [9.17, 15) is 30.0 Å². The molecule has 0 fully saturated rings. The molecule has 184 valence electrons. The quantitative estimate of drug-likeness (QED) is 0.403. The number of fused-ring (bicyclic) bond motifs is 1. The predicted molar refractivity (Wildman–Crippen MR) is 128 cm³/mol. The molecule has 2 aliphatic heterocycles. The average molecular weight is 488 g/mol. The van der Waals surface area contributed by atoms with Gasteiger partial charge in [-0.15, -0.1) is 0 Å². The van der Waals surface area contributed by atoms with Crippen LogP contribution in [-0.2, 0) is 9.53 Å². The molecule has 8 heteroatoms. The van der Waals surface area contributed by atoms with Crippen LogP contribution in [0.5, 0.6) is 17.2 Å². The molecule has 0 bridgehead atoms. The van der Waals surface area contributed by atoms with Gasteiger partial charge in [-0.25, -0.2) is 4.79 Å². The number of carbonyl (C=O) groups is 2. The number of aliphatic hydroxyl groups is 2. The fourth-order valence-corrected chi connectivity index (χ4v) is 4.82.